The highest BCUT2D eigenvalue weighted by Crippen LogP contribution is 2.15. The van der Waals surface area contributed by atoms with Gasteiger partial charge in [-0.1, -0.05) is 0 Å². The summed E-state index contributed by atoms with van der Waals surface area (Å²) < 4.78 is 13.0. The van der Waals surface area contributed by atoms with Crippen molar-refractivity contribution in [2.45, 2.75) is 12.8 Å². The first-order chi connectivity index (χ1) is 8.04. The van der Waals surface area contributed by atoms with Gasteiger partial charge in [0.2, 0.25) is 5.91 Å². The number of carbonyl (C=O) groups is 2. The lowest BCUT2D eigenvalue weighted by molar-refractivity contribution is -0.116. The van der Waals surface area contributed by atoms with Gasteiger partial charge in [-0.05, 0) is 24.6 Å². The van der Waals surface area contributed by atoms with E-state index < -0.39 is 17.3 Å². The number of benzene rings is 1. The second-order valence-electron chi connectivity index (χ2n) is 3.38. The quantitative estimate of drug-likeness (QED) is 0.723. The maximum absolute atomic E-state index is 13.0. The zero-order chi connectivity index (χ0) is 12.8. The van der Waals surface area contributed by atoms with Crippen LogP contribution in [-0.2, 0) is 4.79 Å². The van der Waals surface area contributed by atoms with Gasteiger partial charge < -0.3 is 15.5 Å². The summed E-state index contributed by atoms with van der Waals surface area (Å²) in [5.74, 6) is -2.61. The molecule has 5 nitrogen and oxygen atoms in total. The predicted molar refractivity (Wildman–Crippen MR) is 58.3 cm³/mol. The summed E-state index contributed by atoms with van der Waals surface area (Å²) in [5, 5.41) is 19.6. The number of hydrogen-bond acceptors (Lipinski definition) is 3. The van der Waals surface area contributed by atoms with Gasteiger partial charge in [0.25, 0.3) is 0 Å². The first-order valence-electron chi connectivity index (χ1n) is 4.98. The number of carboxylic acids is 1. The van der Waals surface area contributed by atoms with Gasteiger partial charge in [0.05, 0.1) is 5.56 Å². The monoisotopic (exact) mass is 241 g/mol. The topological polar surface area (TPSA) is 86.6 Å². The van der Waals surface area contributed by atoms with Gasteiger partial charge in [0, 0.05) is 18.7 Å². The zero-order valence-electron chi connectivity index (χ0n) is 8.94. The fourth-order valence-electron chi connectivity index (χ4n) is 1.23. The van der Waals surface area contributed by atoms with Crippen LogP contribution in [0.2, 0.25) is 0 Å². The van der Waals surface area contributed by atoms with Gasteiger partial charge in [-0.2, -0.15) is 0 Å². The van der Waals surface area contributed by atoms with Crippen LogP contribution in [-0.4, -0.2) is 28.7 Å². The lowest BCUT2D eigenvalue weighted by Crippen LogP contribution is -2.12. The van der Waals surface area contributed by atoms with E-state index in [1.54, 1.807) is 0 Å². The number of carbonyl (C=O) groups excluding carboxylic acids is 1. The van der Waals surface area contributed by atoms with Crippen molar-refractivity contribution < 1.29 is 24.2 Å². The van der Waals surface area contributed by atoms with E-state index in [1.165, 1.54) is 6.07 Å². The van der Waals surface area contributed by atoms with E-state index in [4.69, 9.17) is 10.2 Å². The Morgan fingerprint density at radius 2 is 2.06 bits per heavy atom. The summed E-state index contributed by atoms with van der Waals surface area (Å²) in [6.45, 7) is -0.1000. The van der Waals surface area contributed by atoms with Gasteiger partial charge >= 0.3 is 5.97 Å². The third-order valence-electron chi connectivity index (χ3n) is 2.04. The van der Waals surface area contributed by atoms with Gasteiger partial charge in [-0.3, -0.25) is 4.79 Å². The van der Waals surface area contributed by atoms with E-state index in [1.807, 2.05) is 0 Å². The smallest absolute Gasteiger partial charge is 0.338 e. The first kappa shape index (κ1) is 13.1. The van der Waals surface area contributed by atoms with Gasteiger partial charge in [-0.15, -0.1) is 0 Å². The average molecular weight is 241 g/mol. The minimum atomic E-state index is -1.39. The Morgan fingerprint density at radius 3 is 2.65 bits per heavy atom. The number of anilines is 1. The molecule has 0 aromatic heterocycles. The number of hydrogen-bond donors (Lipinski definition) is 3. The van der Waals surface area contributed by atoms with Crippen LogP contribution in [0, 0.1) is 5.82 Å². The van der Waals surface area contributed by atoms with Crippen LogP contribution in [0.1, 0.15) is 23.2 Å². The van der Waals surface area contributed by atoms with Crippen LogP contribution in [0.4, 0.5) is 10.1 Å². The molecule has 1 aromatic rings. The fourth-order valence-corrected chi connectivity index (χ4v) is 1.23. The molecule has 1 aromatic carbocycles. The average Bonchev–Trinajstić information content (AvgIpc) is 2.28. The number of carboxylic acid groups (broad SMARTS) is 1. The van der Waals surface area contributed by atoms with Crippen LogP contribution in [0.25, 0.3) is 0 Å². The molecular weight excluding hydrogens is 229 g/mol. The molecule has 0 unspecified atom stereocenters. The Bertz CT molecular complexity index is 433. The van der Waals surface area contributed by atoms with Crippen molar-refractivity contribution in [1.82, 2.24) is 0 Å². The molecule has 0 aliphatic carbocycles. The number of nitrogens with one attached hydrogen (secondary N) is 1. The highest BCUT2D eigenvalue weighted by Gasteiger charge is 2.11. The summed E-state index contributed by atoms with van der Waals surface area (Å²) in [6.07, 6.45) is 0.440. The summed E-state index contributed by atoms with van der Waals surface area (Å²) in [7, 11) is 0. The Labute approximate surface area is 96.9 Å². The maximum atomic E-state index is 13.0. The predicted octanol–water partition coefficient (Wildman–Crippen LogP) is 1.23. The SMILES string of the molecule is O=C(CCCO)Nc1ccc(F)c(C(=O)O)c1. The molecule has 0 spiro atoms. The summed E-state index contributed by atoms with van der Waals surface area (Å²) in [5.41, 5.74) is -0.281. The summed E-state index contributed by atoms with van der Waals surface area (Å²) in [6, 6.07) is 3.30. The maximum Gasteiger partial charge on any atom is 0.338 e. The van der Waals surface area contributed by atoms with Gasteiger partial charge in [-0.25, -0.2) is 9.18 Å². The number of amides is 1. The van der Waals surface area contributed by atoms with E-state index in [-0.39, 0.29) is 24.6 Å². The molecule has 0 atom stereocenters. The van der Waals surface area contributed by atoms with Crippen molar-refractivity contribution in [3.8, 4) is 0 Å². The van der Waals surface area contributed by atoms with Crippen LogP contribution >= 0.6 is 0 Å². The minimum Gasteiger partial charge on any atom is -0.478 e. The minimum absolute atomic E-state index is 0.1000. The molecule has 3 N–H and O–H groups in total. The first-order valence-corrected chi connectivity index (χ1v) is 4.98. The van der Waals surface area contributed by atoms with Crippen molar-refractivity contribution >= 4 is 17.6 Å². The lowest BCUT2D eigenvalue weighted by Gasteiger charge is -2.06. The normalized spacial score (nSPS) is 10.0. The molecule has 6 heteroatoms. The van der Waals surface area contributed by atoms with Crippen LogP contribution in [0.15, 0.2) is 18.2 Å². The zero-order valence-corrected chi connectivity index (χ0v) is 8.94. The third-order valence-corrected chi connectivity index (χ3v) is 2.04. The molecule has 0 aliphatic heterocycles. The molecule has 92 valence electrons. The molecule has 1 rings (SSSR count). The Balaban J connectivity index is 2.75. The van der Waals surface area contributed by atoms with E-state index in [0.717, 1.165) is 12.1 Å². The molecule has 1 amide bonds. The molecule has 17 heavy (non-hydrogen) atoms. The molecule has 0 bridgehead atoms. The fraction of sp³-hybridized carbons (Fsp3) is 0.273. The lowest BCUT2D eigenvalue weighted by atomic mass is 10.2. The summed E-state index contributed by atoms with van der Waals surface area (Å²) >= 11 is 0. The Hall–Kier alpha value is -1.95. The van der Waals surface area contributed by atoms with Crippen molar-refractivity contribution in [1.29, 1.82) is 0 Å². The number of aromatic carboxylic acids is 1. The Morgan fingerprint density at radius 1 is 1.35 bits per heavy atom. The van der Waals surface area contributed by atoms with E-state index in [0.29, 0.717) is 6.42 Å². The molecule has 0 radical (unpaired) electrons. The van der Waals surface area contributed by atoms with Gasteiger partial charge in [0.1, 0.15) is 5.82 Å². The van der Waals surface area contributed by atoms with Crippen molar-refractivity contribution in [2.24, 2.45) is 0 Å². The van der Waals surface area contributed by atoms with Crippen molar-refractivity contribution in [3.05, 3.63) is 29.6 Å². The van der Waals surface area contributed by atoms with Crippen molar-refractivity contribution in [2.75, 3.05) is 11.9 Å². The molecule has 0 saturated carbocycles. The van der Waals surface area contributed by atoms with E-state index in [9.17, 15) is 14.0 Å². The van der Waals surface area contributed by atoms with E-state index >= 15 is 0 Å². The standard InChI is InChI=1S/C11H12FNO4/c12-9-4-3-7(6-8(9)11(16)17)13-10(15)2-1-5-14/h3-4,6,14H,1-2,5H2,(H,13,15)(H,16,17). The second-order valence-corrected chi connectivity index (χ2v) is 3.38. The number of rotatable bonds is 5. The largest absolute Gasteiger partial charge is 0.478 e. The molecule has 0 aliphatic rings. The third kappa shape index (κ3) is 3.84. The molecule has 0 saturated heterocycles. The molecule has 0 heterocycles. The number of aliphatic hydroxyl groups is 1. The number of aliphatic hydroxyl groups excluding tert-OH is 1. The Kier molecular flexibility index (Phi) is 4.59. The van der Waals surface area contributed by atoms with E-state index in [2.05, 4.69) is 5.32 Å². The van der Waals surface area contributed by atoms with Crippen LogP contribution in [0.3, 0.4) is 0 Å². The highest BCUT2D eigenvalue weighted by molar-refractivity contribution is 5.94. The number of halogens is 1. The van der Waals surface area contributed by atoms with Gasteiger partial charge in [0.15, 0.2) is 0 Å². The summed E-state index contributed by atoms with van der Waals surface area (Å²) in [4.78, 5) is 21.9. The molecular formula is C11H12FNO4. The molecule has 0 fully saturated rings. The van der Waals surface area contributed by atoms with Crippen LogP contribution in [0.5, 0.6) is 0 Å². The van der Waals surface area contributed by atoms with Crippen LogP contribution < -0.4 is 5.32 Å². The second kappa shape index (κ2) is 5.95. The highest BCUT2D eigenvalue weighted by atomic mass is 19.1. The van der Waals surface area contributed by atoms with Crippen molar-refractivity contribution in [3.63, 3.8) is 0 Å².